The van der Waals surface area contributed by atoms with Gasteiger partial charge in [0.25, 0.3) is 0 Å². The maximum absolute atomic E-state index is 14.2. The fraction of sp³-hybridized carbons (Fsp3) is 0.200. The Labute approximate surface area is 160 Å². The van der Waals surface area contributed by atoms with E-state index < -0.39 is 0 Å². The Hall–Kier alpha value is -3.39. The quantitative estimate of drug-likeness (QED) is 0.496. The van der Waals surface area contributed by atoms with Gasteiger partial charge < -0.3 is 10.6 Å². The third kappa shape index (κ3) is 2.87. The maximum Gasteiger partial charge on any atom is 0.148 e. The number of fused-ring (bicyclic) bond motifs is 1. The van der Waals surface area contributed by atoms with Crippen molar-refractivity contribution >= 4 is 16.7 Å². The number of nitrogens with one attached hydrogen (secondary N) is 3. The molecule has 3 aromatic heterocycles. The van der Waals surface area contributed by atoms with E-state index in [4.69, 9.17) is 0 Å². The molecule has 1 aromatic carbocycles. The molecule has 3 N–H and O–H groups in total. The van der Waals surface area contributed by atoms with Crippen molar-refractivity contribution in [2.45, 2.75) is 5.41 Å². The number of benzene rings is 1. The van der Waals surface area contributed by atoms with Gasteiger partial charge in [-0.1, -0.05) is 6.07 Å². The Bertz CT molecular complexity index is 1120. The molecular formula is C20H18FN7. The van der Waals surface area contributed by atoms with E-state index in [0.29, 0.717) is 31.1 Å². The van der Waals surface area contributed by atoms with E-state index in [9.17, 15) is 4.39 Å². The summed E-state index contributed by atoms with van der Waals surface area (Å²) in [6, 6.07) is 12.8. The standard InChI is InChI=1S/C20H18FN7/c21-15-2-1-7-23-19(15)20(10-22-11-20)12-24-18-6-5-16(27-28-18)13-3-4-17-14(8-13)9-25-26-17/h1-9,22H,10-12H2,(H,24,28)(H,25,26). The smallest absolute Gasteiger partial charge is 0.148 e. The van der Waals surface area contributed by atoms with Gasteiger partial charge >= 0.3 is 0 Å². The van der Waals surface area contributed by atoms with Crippen LogP contribution in [0.1, 0.15) is 5.69 Å². The molecule has 0 spiro atoms. The topological polar surface area (TPSA) is 91.4 Å². The van der Waals surface area contributed by atoms with Crippen LogP contribution in [0.15, 0.2) is 54.9 Å². The first kappa shape index (κ1) is 16.8. The molecule has 140 valence electrons. The molecule has 5 rings (SSSR count). The van der Waals surface area contributed by atoms with Crippen LogP contribution in [-0.4, -0.2) is 45.0 Å². The molecule has 8 heteroatoms. The third-order valence-corrected chi connectivity index (χ3v) is 5.20. The number of hydrogen-bond acceptors (Lipinski definition) is 6. The summed E-state index contributed by atoms with van der Waals surface area (Å²) < 4.78 is 14.2. The summed E-state index contributed by atoms with van der Waals surface area (Å²) in [6.45, 7) is 1.87. The number of hydrogen-bond donors (Lipinski definition) is 3. The summed E-state index contributed by atoms with van der Waals surface area (Å²) >= 11 is 0. The molecule has 0 aliphatic carbocycles. The summed E-state index contributed by atoms with van der Waals surface area (Å²) in [6.07, 6.45) is 3.41. The predicted molar refractivity (Wildman–Crippen MR) is 104 cm³/mol. The molecule has 1 saturated heterocycles. The summed E-state index contributed by atoms with van der Waals surface area (Å²) in [7, 11) is 0. The van der Waals surface area contributed by atoms with Gasteiger partial charge in [0, 0.05) is 36.8 Å². The zero-order valence-corrected chi connectivity index (χ0v) is 15.0. The molecule has 0 radical (unpaired) electrons. The minimum Gasteiger partial charge on any atom is -0.368 e. The number of rotatable bonds is 5. The zero-order chi connectivity index (χ0) is 19.0. The number of nitrogens with zero attached hydrogens (tertiary/aromatic N) is 4. The number of aromatic nitrogens is 5. The lowest BCUT2D eigenvalue weighted by atomic mass is 9.77. The van der Waals surface area contributed by atoms with Crippen LogP contribution >= 0.6 is 0 Å². The second-order valence-electron chi connectivity index (χ2n) is 7.05. The molecule has 0 saturated carbocycles. The molecular weight excluding hydrogens is 357 g/mol. The second-order valence-corrected chi connectivity index (χ2v) is 7.05. The van der Waals surface area contributed by atoms with Crippen molar-refractivity contribution in [1.82, 2.24) is 30.7 Å². The van der Waals surface area contributed by atoms with Crippen molar-refractivity contribution in [3.05, 3.63) is 66.4 Å². The van der Waals surface area contributed by atoms with Gasteiger partial charge in [-0.3, -0.25) is 10.1 Å². The third-order valence-electron chi connectivity index (χ3n) is 5.20. The Morgan fingerprint density at radius 3 is 2.79 bits per heavy atom. The Balaban J connectivity index is 1.33. The predicted octanol–water partition coefficient (Wildman–Crippen LogP) is 2.51. The fourth-order valence-electron chi connectivity index (χ4n) is 3.52. The second kappa shape index (κ2) is 6.65. The van der Waals surface area contributed by atoms with Gasteiger partial charge in [0.1, 0.15) is 11.6 Å². The van der Waals surface area contributed by atoms with Gasteiger partial charge in [-0.25, -0.2) is 4.39 Å². The number of H-pyrrole nitrogens is 1. The van der Waals surface area contributed by atoms with Gasteiger partial charge in [-0.15, -0.1) is 10.2 Å². The highest BCUT2D eigenvalue weighted by molar-refractivity contribution is 5.83. The zero-order valence-electron chi connectivity index (χ0n) is 15.0. The average molecular weight is 375 g/mol. The van der Waals surface area contributed by atoms with Gasteiger partial charge in [-0.2, -0.15) is 5.10 Å². The lowest BCUT2D eigenvalue weighted by molar-refractivity contribution is 0.275. The minimum atomic E-state index is -0.377. The lowest BCUT2D eigenvalue weighted by Gasteiger charge is -2.42. The van der Waals surface area contributed by atoms with E-state index in [1.54, 1.807) is 18.5 Å². The van der Waals surface area contributed by atoms with Crippen LogP contribution in [0.4, 0.5) is 10.2 Å². The first-order valence-corrected chi connectivity index (χ1v) is 9.06. The van der Waals surface area contributed by atoms with Crippen LogP contribution in [-0.2, 0) is 5.41 Å². The van der Waals surface area contributed by atoms with E-state index in [2.05, 4.69) is 36.0 Å². The highest BCUT2D eigenvalue weighted by Gasteiger charge is 2.42. The summed E-state index contributed by atoms with van der Waals surface area (Å²) in [4.78, 5) is 4.26. The van der Waals surface area contributed by atoms with Crippen molar-refractivity contribution in [2.75, 3.05) is 25.0 Å². The number of pyridine rings is 1. The average Bonchev–Trinajstić information content (AvgIpc) is 3.17. The van der Waals surface area contributed by atoms with E-state index in [-0.39, 0.29) is 11.2 Å². The molecule has 1 fully saturated rings. The van der Waals surface area contributed by atoms with Crippen molar-refractivity contribution in [1.29, 1.82) is 0 Å². The Morgan fingerprint density at radius 1 is 1.11 bits per heavy atom. The molecule has 0 atom stereocenters. The molecule has 0 unspecified atom stereocenters. The fourth-order valence-corrected chi connectivity index (χ4v) is 3.52. The van der Waals surface area contributed by atoms with Gasteiger partial charge in [0.05, 0.1) is 28.5 Å². The van der Waals surface area contributed by atoms with Crippen molar-refractivity contribution in [2.24, 2.45) is 0 Å². The molecule has 7 nitrogen and oxygen atoms in total. The van der Waals surface area contributed by atoms with Gasteiger partial charge in [0.2, 0.25) is 0 Å². The van der Waals surface area contributed by atoms with Crippen LogP contribution in [0.3, 0.4) is 0 Å². The number of anilines is 1. The SMILES string of the molecule is Fc1cccnc1C1(CNc2ccc(-c3ccc4[nH]ncc4c3)nn2)CNC1. The number of halogens is 1. The molecule has 4 aromatic rings. The normalized spacial score (nSPS) is 15.3. The first-order chi connectivity index (χ1) is 13.7. The van der Waals surface area contributed by atoms with E-state index in [0.717, 1.165) is 22.2 Å². The molecule has 0 bridgehead atoms. The lowest BCUT2D eigenvalue weighted by Crippen LogP contribution is -2.61. The Kier molecular flexibility index (Phi) is 3.98. The molecule has 4 heterocycles. The molecule has 1 aliphatic rings. The van der Waals surface area contributed by atoms with Crippen LogP contribution in [0.5, 0.6) is 0 Å². The molecule has 28 heavy (non-hydrogen) atoms. The van der Waals surface area contributed by atoms with Crippen LogP contribution in [0, 0.1) is 5.82 Å². The van der Waals surface area contributed by atoms with E-state index in [1.165, 1.54) is 6.07 Å². The van der Waals surface area contributed by atoms with Crippen LogP contribution < -0.4 is 10.6 Å². The molecule has 1 aliphatic heterocycles. The Morgan fingerprint density at radius 2 is 2.04 bits per heavy atom. The monoisotopic (exact) mass is 375 g/mol. The summed E-state index contributed by atoms with van der Waals surface area (Å²) in [5, 5.41) is 23.1. The maximum atomic E-state index is 14.2. The first-order valence-electron chi connectivity index (χ1n) is 9.06. The largest absolute Gasteiger partial charge is 0.368 e. The van der Waals surface area contributed by atoms with Crippen molar-refractivity contribution in [3.8, 4) is 11.3 Å². The van der Waals surface area contributed by atoms with Crippen LogP contribution in [0.25, 0.3) is 22.2 Å². The summed E-state index contributed by atoms with van der Waals surface area (Å²) in [5.41, 5.74) is 2.85. The summed E-state index contributed by atoms with van der Waals surface area (Å²) in [5.74, 6) is 0.373. The van der Waals surface area contributed by atoms with E-state index >= 15 is 0 Å². The minimum absolute atomic E-state index is 0.276. The highest BCUT2D eigenvalue weighted by Crippen LogP contribution is 2.29. The highest BCUT2D eigenvalue weighted by atomic mass is 19.1. The van der Waals surface area contributed by atoms with Crippen molar-refractivity contribution < 1.29 is 4.39 Å². The number of aromatic amines is 1. The van der Waals surface area contributed by atoms with E-state index in [1.807, 2.05) is 30.3 Å². The van der Waals surface area contributed by atoms with Gasteiger partial charge in [0.15, 0.2) is 0 Å². The van der Waals surface area contributed by atoms with Gasteiger partial charge in [-0.05, 0) is 36.4 Å². The molecule has 0 amide bonds. The van der Waals surface area contributed by atoms with Crippen molar-refractivity contribution in [3.63, 3.8) is 0 Å². The van der Waals surface area contributed by atoms with Crippen LogP contribution in [0.2, 0.25) is 0 Å².